The summed E-state index contributed by atoms with van der Waals surface area (Å²) in [4.78, 5) is 12.4. The summed E-state index contributed by atoms with van der Waals surface area (Å²) >= 11 is 0. The lowest BCUT2D eigenvalue weighted by Crippen LogP contribution is -2.11. The maximum Gasteiger partial charge on any atom is 0.357 e. The predicted molar refractivity (Wildman–Crippen MR) is 102 cm³/mol. The van der Waals surface area contributed by atoms with Gasteiger partial charge < -0.3 is 9.84 Å². The van der Waals surface area contributed by atoms with Crippen molar-refractivity contribution in [1.29, 1.82) is 0 Å². The number of esters is 1. The molecule has 2 aromatic heterocycles. The van der Waals surface area contributed by atoms with Crippen LogP contribution in [0.3, 0.4) is 0 Å². The minimum absolute atomic E-state index is 0.264. The van der Waals surface area contributed by atoms with Gasteiger partial charge in [-0.2, -0.15) is 0 Å². The smallest absolute Gasteiger partial charge is 0.357 e. The average Bonchev–Trinajstić information content (AvgIpc) is 3.13. The summed E-state index contributed by atoms with van der Waals surface area (Å²) in [5.74, 6) is -0.476. The molecule has 2 heterocycles. The van der Waals surface area contributed by atoms with Crippen molar-refractivity contribution >= 4 is 22.3 Å². The van der Waals surface area contributed by atoms with E-state index in [1.54, 1.807) is 13.0 Å². The molecule has 0 aliphatic rings. The van der Waals surface area contributed by atoms with Crippen LogP contribution >= 0.6 is 0 Å². The summed E-state index contributed by atoms with van der Waals surface area (Å²) in [5, 5.41) is 21.0. The zero-order valence-corrected chi connectivity index (χ0v) is 15.1. The van der Waals surface area contributed by atoms with Crippen LogP contribution in [-0.2, 0) is 4.74 Å². The topological polar surface area (TPSA) is 76.7 Å². The summed E-state index contributed by atoms with van der Waals surface area (Å²) in [7, 11) is 0. The van der Waals surface area contributed by atoms with Gasteiger partial charge in [0.25, 0.3) is 0 Å². The number of aliphatic hydroxyl groups is 1. The van der Waals surface area contributed by atoms with Gasteiger partial charge in [-0.25, -0.2) is 9.31 Å². The van der Waals surface area contributed by atoms with E-state index in [1.165, 1.54) is 4.52 Å². The molecular formula is C21H19N3O3. The summed E-state index contributed by atoms with van der Waals surface area (Å²) in [5.41, 5.74) is 3.07. The van der Waals surface area contributed by atoms with Crippen molar-refractivity contribution in [1.82, 2.24) is 14.8 Å². The molecule has 0 amide bonds. The molecule has 1 atom stereocenters. The van der Waals surface area contributed by atoms with Crippen LogP contribution in [0.4, 0.5) is 0 Å². The molecule has 0 aliphatic heterocycles. The third kappa shape index (κ3) is 2.94. The Kier molecular flexibility index (Phi) is 4.33. The Bertz CT molecular complexity index is 1140. The fourth-order valence-electron chi connectivity index (χ4n) is 3.25. The molecule has 0 fully saturated rings. The maximum absolute atomic E-state index is 12.4. The van der Waals surface area contributed by atoms with Crippen molar-refractivity contribution in [2.24, 2.45) is 0 Å². The average molecular weight is 361 g/mol. The molecule has 0 bridgehead atoms. The van der Waals surface area contributed by atoms with Crippen molar-refractivity contribution in [2.45, 2.75) is 20.0 Å². The number of aryl methyl sites for hydroxylation is 1. The molecule has 0 saturated carbocycles. The predicted octanol–water partition coefficient (Wildman–Crippen LogP) is 3.45. The Labute approximate surface area is 156 Å². The lowest BCUT2D eigenvalue weighted by molar-refractivity contribution is 0.0516. The van der Waals surface area contributed by atoms with Crippen LogP contribution in [0.15, 0.2) is 54.6 Å². The molecule has 0 aliphatic carbocycles. The minimum atomic E-state index is -0.954. The van der Waals surface area contributed by atoms with E-state index in [-0.39, 0.29) is 12.3 Å². The van der Waals surface area contributed by atoms with Crippen LogP contribution in [0.2, 0.25) is 0 Å². The molecule has 4 aromatic rings. The van der Waals surface area contributed by atoms with E-state index in [0.717, 1.165) is 16.3 Å². The zero-order valence-electron chi connectivity index (χ0n) is 15.1. The number of benzene rings is 2. The normalized spacial score (nSPS) is 12.4. The van der Waals surface area contributed by atoms with Gasteiger partial charge in [-0.05, 0) is 36.9 Å². The van der Waals surface area contributed by atoms with Gasteiger partial charge in [0.05, 0.1) is 6.61 Å². The molecule has 6 nitrogen and oxygen atoms in total. The van der Waals surface area contributed by atoms with Gasteiger partial charge in [0.1, 0.15) is 17.3 Å². The molecule has 6 heteroatoms. The van der Waals surface area contributed by atoms with Crippen LogP contribution in [0.5, 0.6) is 0 Å². The number of pyridine rings is 1. The largest absolute Gasteiger partial charge is 0.461 e. The number of ether oxygens (including phenoxy) is 1. The van der Waals surface area contributed by atoms with Crippen LogP contribution in [0, 0.1) is 6.92 Å². The van der Waals surface area contributed by atoms with Crippen LogP contribution in [-0.4, -0.2) is 32.5 Å². The fourth-order valence-corrected chi connectivity index (χ4v) is 3.25. The Hall–Kier alpha value is -3.25. The SMILES string of the molecule is CCOC(=O)c1cc2ccc(C)cc2c2c(C(O)c3ccccc3)nnn12. The Morgan fingerprint density at radius 1 is 1.19 bits per heavy atom. The van der Waals surface area contributed by atoms with Crippen LogP contribution < -0.4 is 0 Å². The van der Waals surface area contributed by atoms with Gasteiger partial charge in [-0.3, -0.25) is 0 Å². The second-order valence-corrected chi connectivity index (χ2v) is 6.39. The maximum atomic E-state index is 12.4. The molecule has 2 aromatic carbocycles. The third-order valence-corrected chi connectivity index (χ3v) is 4.54. The summed E-state index contributed by atoms with van der Waals surface area (Å²) < 4.78 is 6.63. The summed E-state index contributed by atoms with van der Waals surface area (Å²) in [6.45, 7) is 4.01. The molecule has 0 saturated heterocycles. The van der Waals surface area contributed by atoms with Gasteiger partial charge in [0.2, 0.25) is 0 Å². The second kappa shape index (κ2) is 6.81. The van der Waals surface area contributed by atoms with Crippen molar-refractivity contribution in [3.63, 3.8) is 0 Å². The quantitative estimate of drug-likeness (QED) is 0.564. The summed E-state index contributed by atoms with van der Waals surface area (Å²) in [6.07, 6.45) is -0.954. The number of fused-ring (bicyclic) bond motifs is 3. The van der Waals surface area contributed by atoms with E-state index in [9.17, 15) is 9.90 Å². The first kappa shape index (κ1) is 17.2. The van der Waals surface area contributed by atoms with Crippen molar-refractivity contribution < 1.29 is 14.6 Å². The zero-order chi connectivity index (χ0) is 19.0. The van der Waals surface area contributed by atoms with Gasteiger partial charge in [-0.1, -0.05) is 53.2 Å². The number of aromatic nitrogens is 3. The van der Waals surface area contributed by atoms with Gasteiger partial charge in [0.15, 0.2) is 5.69 Å². The van der Waals surface area contributed by atoms with E-state index in [4.69, 9.17) is 4.74 Å². The highest BCUT2D eigenvalue weighted by molar-refractivity contribution is 6.02. The molecule has 1 N–H and O–H groups in total. The number of hydrogen-bond acceptors (Lipinski definition) is 5. The minimum Gasteiger partial charge on any atom is -0.461 e. The Balaban J connectivity index is 2.02. The second-order valence-electron chi connectivity index (χ2n) is 6.39. The highest BCUT2D eigenvalue weighted by Gasteiger charge is 2.23. The van der Waals surface area contributed by atoms with Crippen molar-refractivity contribution in [2.75, 3.05) is 6.61 Å². The molecule has 1 unspecified atom stereocenters. The van der Waals surface area contributed by atoms with E-state index in [1.807, 2.05) is 55.5 Å². The number of carbonyl (C=O) groups is 1. The molecule has 4 rings (SSSR count). The number of rotatable bonds is 4. The van der Waals surface area contributed by atoms with Gasteiger partial charge >= 0.3 is 5.97 Å². The Morgan fingerprint density at radius 3 is 2.70 bits per heavy atom. The number of carbonyl (C=O) groups excluding carboxylic acids is 1. The highest BCUT2D eigenvalue weighted by Crippen LogP contribution is 2.30. The first-order valence-electron chi connectivity index (χ1n) is 8.79. The first-order chi connectivity index (χ1) is 13.1. The summed E-state index contributed by atoms with van der Waals surface area (Å²) in [6, 6.07) is 16.9. The number of nitrogens with zero attached hydrogens (tertiary/aromatic N) is 3. The number of aliphatic hydroxyl groups excluding tert-OH is 1. The molecule has 27 heavy (non-hydrogen) atoms. The molecule has 136 valence electrons. The molecule has 0 spiro atoms. The lowest BCUT2D eigenvalue weighted by atomic mass is 10.0. The van der Waals surface area contributed by atoms with Gasteiger partial charge in [0, 0.05) is 5.39 Å². The van der Waals surface area contributed by atoms with E-state index < -0.39 is 12.1 Å². The van der Waals surface area contributed by atoms with Crippen molar-refractivity contribution in [3.05, 3.63) is 77.1 Å². The highest BCUT2D eigenvalue weighted by atomic mass is 16.5. The van der Waals surface area contributed by atoms with Crippen molar-refractivity contribution in [3.8, 4) is 0 Å². The van der Waals surface area contributed by atoms with E-state index in [0.29, 0.717) is 16.8 Å². The standard InChI is InChI=1S/C21H19N3O3/c1-3-27-21(26)17-12-15-10-9-13(2)11-16(15)19-18(22-23-24(17)19)20(25)14-7-5-4-6-8-14/h4-12,20,25H,3H2,1-2H3. The molecular weight excluding hydrogens is 342 g/mol. The molecule has 0 radical (unpaired) electrons. The number of hydrogen-bond donors (Lipinski definition) is 1. The van der Waals surface area contributed by atoms with Crippen LogP contribution in [0.25, 0.3) is 16.3 Å². The van der Waals surface area contributed by atoms with Crippen LogP contribution in [0.1, 0.15) is 40.3 Å². The fraction of sp³-hybridized carbons (Fsp3) is 0.190. The van der Waals surface area contributed by atoms with E-state index >= 15 is 0 Å². The Morgan fingerprint density at radius 2 is 1.96 bits per heavy atom. The lowest BCUT2D eigenvalue weighted by Gasteiger charge is -2.11. The first-order valence-corrected chi connectivity index (χ1v) is 8.79. The van der Waals surface area contributed by atoms with Gasteiger partial charge in [-0.15, -0.1) is 5.10 Å². The third-order valence-electron chi connectivity index (χ3n) is 4.54. The van der Waals surface area contributed by atoms with E-state index in [2.05, 4.69) is 10.3 Å². The monoisotopic (exact) mass is 361 g/mol.